The maximum atomic E-state index is 12.0. The topological polar surface area (TPSA) is 65.5 Å². The average Bonchev–Trinajstić information content (AvgIpc) is 2.63. The van der Waals surface area contributed by atoms with Gasteiger partial charge in [0.25, 0.3) is 0 Å². The molecule has 0 bridgehead atoms. The Morgan fingerprint density at radius 3 is 2.58 bits per heavy atom. The van der Waals surface area contributed by atoms with Crippen molar-refractivity contribution in [2.75, 3.05) is 20.1 Å². The molecule has 0 radical (unpaired) electrons. The molecule has 5 heteroatoms. The van der Waals surface area contributed by atoms with Gasteiger partial charge in [-0.2, -0.15) is 0 Å². The van der Waals surface area contributed by atoms with E-state index in [-0.39, 0.29) is 12.5 Å². The zero-order valence-corrected chi connectivity index (χ0v) is 14.7. The first-order valence-electron chi connectivity index (χ1n) is 9.06. The van der Waals surface area contributed by atoms with Crippen molar-refractivity contribution >= 4 is 11.9 Å². The number of carbonyl (C=O) groups is 1. The van der Waals surface area contributed by atoms with Gasteiger partial charge < -0.3 is 16.0 Å². The summed E-state index contributed by atoms with van der Waals surface area (Å²) in [5.41, 5.74) is 1.34. The van der Waals surface area contributed by atoms with Gasteiger partial charge in [-0.25, -0.2) is 0 Å². The van der Waals surface area contributed by atoms with Crippen LogP contribution < -0.4 is 16.0 Å². The van der Waals surface area contributed by atoms with Crippen LogP contribution in [0.3, 0.4) is 0 Å². The maximum Gasteiger partial charge on any atom is 0.239 e. The molecule has 2 rings (SSSR count). The molecule has 0 saturated heterocycles. The molecule has 1 aromatic rings. The van der Waals surface area contributed by atoms with E-state index in [1.807, 2.05) is 6.07 Å². The Morgan fingerprint density at radius 1 is 1.12 bits per heavy atom. The van der Waals surface area contributed by atoms with Gasteiger partial charge in [-0.15, -0.1) is 0 Å². The van der Waals surface area contributed by atoms with Gasteiger partial charge in [-0.05, 0) is 31.2 Å². The molecule has 0 spiro atoms. The van der Waals surface area contributed by atoms with E-state index in [1.165, 1.54) is 24.8 Å². The molecule has 1 aliphatic rings. The summed E-state index contributed by atoms with van der Waals surface area (Å²) in [5, 5.41) is 9.44. The summed E-state index contributed by atoms with van der Waals surface area (Å²) in [6.45, 7) is 1.10. The predicted octanol–water partition coefficient (Wildman–Crippen LogP) is 2.23. The zero-order valence-electron chi connectivity index (χ0n) is 14.7. The number of carbonyl (C=O) groups excluding carboxylic acids is 1. The SMILES string of the molecule is CN=C(NCCCc1ccccc1)NCC(=O)NC1CCCCC1. The van der Waals surface area contributed by atoms with Crippen molar-refractivity contribution in [3.8, 4) is 0 Å². The summed E-state index contributed by atoms with van der Waals surface area (Å²) in [7, 11) is 1.73. The van der Waals surface area contributed by atoms with Crippen molar-refractivity contribution in [3.05, 3.63) is 35.9 Å². The Morgan fingerprint density at radius 2 is 1.88 bits per heavy atom. The van der Waals surface area contributed by atoms with Crippen LogP contribution in [0, 0.1) is 0 Å². The van der Waals surface area contributed by atoms with Gasteiger partial charge in [0.05, 0.1) is 6.54 Å². The number of nitrogens with zero attached hydrogens (tertiary/aromatic N) is 1. The number of rotatable bonds is 7. The number of benzene rings is 1. The van der Waals surface area contributed by atoms with Crippen LogP contribution in [0.15, 0.2) is 35.3 Å². The molecule has 5 nitrogen and oxygen atoms in total. The second-order valence-electron chi connectivity index (χ2n) is 6.34. The zero-order chi connectivity index (χ0) is 17.0. The van der Waals surface area contributed by atoms with Crippen LogP contribution in [-0.4, -0.2) is 38.0 Å². The third-order valence-corrected chi connectivity index (χ3v) is 4.39. The van der Waals surface area contributed by atoms with Gasteiger partial charge in [0.15, 0.2) is 5.96 Å². The van der Waals surface area contributed by atoms with Crippen LogP contribution in [0.5, 0.6) is 0 Å². The lowest BCUT2D eigenvalue weighted by molar-refractivity contribution is -0.120. The molecule has 1 fully saturated rings. The van der Waals surface area contributed by atoms with Gasteiger partial charge >= 0.3 is 0 Å². The maximum absolute atomic E-state index is 12.0. The summed E-state index contributed by atoms with van der Waals surface area (Å²) in [4.78, 5) is 16.2. The fourth-order valence-electron chi connectivity index (χ4n) is 3.05. The lowest BCUT2D eigenvalue weighted by Crippen LogP contribution is -2.46. The molecule has 1 amide bonds. The van der Waals surface area contributed by atoms with E-state index in [9.17, 15) is 4.79 Å². The van der Waals surface area contributed by atoms with Crippen molar-refractivity contribution in [2.24, 2.45) is 4.99 Å². The number of hydrogen-bond donors (Lipinski definition) is 3. The van der Waals surface area contributed by atoms with Crippen molar-refractivity contribution < 1.29 is 4.79 Å². The quantitative estimate of drug-likeness (QED) is 0.408. The summed E-state index contributed by atoms with van der Waals surface area (Å²) in [5.74, 6) is 0.732. The Balaban J connectivity index is 1.58. The number of guanidine groups is 1. The summed E-state index contributed by atoms with van der Waals surface area (Å²) in [6.07, 6.45) is 8.03. The minimum atomic E-state index is 0.0501. The van der Waals surface area contributed by atoms with E-state index >= 15 is 0 Å². The summed E-state index contributed by atoms with van der Waals surface area (Å²) < 4.78 is 0. The van der Waals surface area contributed by atoms with Crippen molar-refractivity contribution in [1.82, 2.24) is 16.0 Å². The molecule has 0 aromatic heterocycles. The summed E-state index contributed by atoms with van der Waals surface area (Å²) >= 11 is 0. The highest BCUT2D eigenvalue weighted by Crippen LogP contribution is 2.17. The summed E-state index contributed by atoms with van der Waals surface area (Å²) in [6, 6.07) is 10.8. The van der Waals surface area contributed by atoms with E-state index in [0.29, 0.717) is 12.0 Å². The molecular formula is C19H30N4O. The van der Waals surface area contributed by atoms with E-state index in [1.54, 1.807) is 7.05 Å². The monoisotopic (exact) mass is 330 g/mol. The molecule has 0 heterocycles. The Kier molecular flexibility index (Phi) is 8.15. The van der Waals surface area contributed by atoms with Crippen LogP contribution in [-0.2, 0) is 11.2 Å². The molecule has 3 N–H and O–H groups in total. The number of aryl methyl sites for hydroxylation is 1. The smallest absolute Gasteiger partial charge is 0.239 e. The van der Waals surface area contributed by atoms with Crippen LogP contribution in [0.1, 0.15) is 44.1 Å². The second kappa shape index (κ2) is 10.7. The first-order chi connectivity index (χ1) is 11.8. The van der Waals surface area contributed by atoms with Gasteiger partial charge in [-0.3, -0.25) is 9.79 Å². The first kappa shape index (κ1) is 18.3. The Hall–Kier alpha value is -2.04. The highest BCUT2D eigenvalue weighted by Gasteiger charge is 2.15. The van der Waals surface area contributed by atoms with Gasteiger partial charge in [-0.1, -0.05) is 49.6 Å². The molecule has 0 aliphatic heterocycles. The van der Waals surface area contributed by atoms with Gasteiger partial charge in [0, 0.05) is 19.6 Å². The third kappa shape index (κ3) is 7.02. The molecule has 24 heavy (non-hydrogen) atoms. The molecule has 132 valence electrons. The standard InChI is InChI=1S/C19H30N4O/c1-20-19(21-14-8-11-16-9-4-2-5-10-16)22-15-18(24)23-17-12-6-3-7-13-17/h2,4-5,9-10,17H,3,6-8,11-15H2,1H3,(H,23,24)(H2,20,21,22). The fraction of sp³-hybridized carbons (Fsp3) is 0.579. The van der Waals surface area contributed by atoms with Crippen LogP contribution in [0.4, 0.5) is 0 Å². The molecule has 1 saturated carbocycles. The van der Waals surface area contributed by atoms with Crippen molar-refractivity contribution in [2.45, 2.75) is 51.0 Å². The van der Waals surface area contributed by atoms with Crippen LogP contribution in [0.25, 0.3) is 0 Å². The number of hydrogen-bond acceptors (Lipinski definition) is 2. The molecule has 0 atom stereocenters. The molecule has 0 unspecified atom stereocenters. The average molecular weight is 330 g/mol. The minimum absolute atomic E-state index is 0.0501. The second-order valence-corrected chi connectivity index (χ2v) is 6.34. The Labute approximate surface area is 145 Å². The number of amides is 1. The minimum Gasteiger partial charge on any atom is -0.356 e. The van der Waals surface area contributed by atoms with Gasteiger partial charge in [0.1, 0.15) is 0 Å². The normalized spacial score (nSPS) is 15.8. The van der Waals surface area contributed by atoms with E-state index in [4.69, 9.17) is 0 Å². The molecule has 1 aromatic carbocycles. The van der Waals surface area contributed by atoms with E-state index in [0.717, 1.165) is 32.2 Å². The lowest BCUT2D eigenvalue weighted by atomic mass is 9.95. The molecule has 1 aliphatic carbocycles. The first-order valence-corrected chi connectivity index (χ1v) is 9.06. The Bertz CT molecular complexity index is 509. The van der Waals surface area contributed by atoms with Crippen molar-refractivity contribution in [1.29, 1.82) is 0 Å². The third-order valence-electron chi connectivity index (χ3n) is 4.39. The van der Waals surface area contributed by atoms with Crippen molar-refractivity contribution in [3.63, 3.8) is 0 Å². The largest absolute Gasteiger partial charge is 0.356 e. The van der Waals surface area contributed by atoms with Crippen LogP contribution in [0.2, 0.25) is 0 Å². The van der Waals surface area contributed by atoms with E-state index in [2.05, 4.69) is 45.2 Å². The highest BCUT2D eigenvalue weighted by atomic mass is 16.2. The van der Waals surface area contributed by atoms with Crippen LogP contribution >= 0.6 is 0 Å². The predicted molar refractivity (Wildman–Crippen MR) is 99.1 cm³/mol. The van der Waals surface area contributed by atoms with Gasteiger partial charge in [0.2, 0.25) is 5.91 Å². The molecular weight excluding hydrogens is 300 g/mol. The number of aliphatic imine (C=N–C) groups is 1. The number of nitrogens with one attached hydrogen (secondary N) is 3. The van der Waals surface area contributed by atoms with E-state index < -0.39 is 0 Å². The lowest BCUT2D eigenvalue weighted by Gasteiger charge is -2.23. The fourth-order valence-corrected chi connectivity index (χ4v) is 3.05. The highest BCUT2D eigenvalue weighted by molar-refractivity contribution is 5.86.